The summed E-state index contributed by atoms with van der Waals surface area (Å²) in [5.74, 6) is -0.212. The van der Waals surface area contributed by atoms with Gasteiger partial charge in [0.05, 0.1) is 12.3 Å². The van der Waals surface area contributed by atoms with Gasteiger partial charge in [-0.15, -0.1) is 10.1 Å². The fourth-order valence-electron chi connectivity index (χ4n) is 3.99. The Morgan fingerprint density at radius 2 is 1.68 bits per heavy atom. The molecule has 3 N–H and O–H groups in total. The second-order valence-corrected chi connectivity index (χ2v) is 7.27. The lowest BCUT2D eigenvalue weighted by atomic mass is 9.78. The monoisotopic (exact) mass is 416 g/mol. The van der Waals surface area contributed by atoms with Gasteiger partial charge in [0, 0.05) is 16.8 Å². The normalized spacial score (nSPS) is 11.9. The van der Waals surface area contributed by atoms with Crippen molar-refractivity contribution >= 4 is 23.5 Å². The molecule has 4 rings (SSSR count). The Balaban J connectivity index is 1.93. The van der Waals surface area contributed by atoms with E-state index in [2.05, 4.69) is 9.82 Å². The maximum absolute atomic E-state index is 10.7. The molecule has 3 aromatic carbocycles. The number of nitrogens with one attached hydrogen (secondary N) is 1. The zero-order chi connectivity index (χ0) is 21.8. The summed E-state index contributed by atoms with van der Waals surface area (Å²) < 4.78 is 0. The van der Waals surface area contributed by atoms with Gasteiger partial charge < -0.3 is 19.9 Å². The summed E-state index contributed by atoms with van der Waals surface area (Å²) in [4.78, 5) is 18.8. The summed E-state index contributed by atoms with van der Waals surface area (Å²) in [5.41, 5.74) is 4.99. The fourth-order valence-corrected chi connectivity index (χ4v) is 3.99. The molecular weight excluding hydrogens is 395 g/mol. The first-order valence-electron chi connectivity index (χ1n) is 9.94. The predicted molar refractivity (Wildman–Crippen MR) is 119 cm³/mol. The largest absolute Gasteiger partial charge is 0.488 e. The van der Waals surface area contributed by atoms with Crippen LogP contribution in [0.2, 0.25) is 0 Å². The number of aromatic nitrogens is 1. The molecule has 0 aliphatic heterocycles. The molecule has 156 valence electrons. The minimum Gasteiger partial charge on any atom is -0.423 e. The molecule has 0 fully saturated rings. The molecule has 1 heterocycles. The zero-order valence-electron chi connectivity index (χ0n) is 16.6. The van der Waals surface area contributed by atoms with E-state index in [-0.39, 0.29) is 12.5 Å². The number of rotatable bonds is 8. The smallest absolute Gasteiger partial charge is 0.423 e. The van der Waals surface area contributed by atoms with E-state index >= 15 is 0 Å². The van der Waals surface area contributed by atoms with E-state index < -0.39 is 12.2 Å². The number of fused-ring (bicyclic) bond motifs is 1. The molecule has 0 radical (unpaired) electrons. The van der Waals surface area contributed by atoms with Crippen LogP contribution >= 0.6 is 0 Å². The summed E-state index contributed by atoms with van der Waals surface area (Å²) in [6.45, 7) is -0.0597. The van der Waals surface area contributed by atoms with Crippen molar-refractivity contribution in [1.82, 2.24) is 4.98 Å². The minimum atomic E-state index is -1.60. The lowest BCUT2D eigenvalue weighted by Crippen LogP contribution is -2.29. The quantitative estimate of drug-likeness (QED) is 0.232. The van der Waals surface area contributed by atoms with Gasteiger partial charge in [-0.25, -0.2) is 0 Å². The first-order chi connectivity index (χ1) is 15.0. The topological polar surface area (TPSA) is 109 Å². The molecule has 31 heavy (non-hydrogen) atoms. The van der Waals surface area contributed by atoms with E-state index in [4.69, 9.17) is 0 Å². The first kappa shape index (κ1) is 20.6. The molecule has 1 aromatic heterocycles. The number of H-pyrrole nitrogens is 1. The average molecular weight is 416 g/mol. The molecule has 0 bridgehead atoms. The molecule has 0 saturated carbocycles. The maximum Gasteiger partial charge on any atom is 0.488 e. The number of nitrogens with zero attached hydrogens (tertiary/aromatic N) is 1. The SMILES string of the molecule is O=[N+]([O-])OCCC(c1ccccc1)c1c(-c2ccccc2)[nH]c2ccc(B(O)O)cc12. The van der Waals surface area contributed by atoms with Gasteiger partial charge in [-0.05, 0) is 34.6 Å². The van der Waals surface area contributed by atoms with Crippen molar-refractivity contribution < 1.29 is 20.0 Å². The van der Waals surface area contributed by atoms with Gasteiger partial charge in [-0.3, -0.25) is 0 Å². The Kier molecular flexibility index (Phi) is 6.02. The lowest BCUT2D eigenvalue weighted by Gasteiger charge is -2.19. The van der Waals surface area contributed by atoms with Crippen LogP contribution in [0.5, 0.6) is 0 Å². The number of benzene rings is 3. The molecule has 1 unspecified atom stereocenters. The van der Waals surface area contributed by atoms with Gasteiger partial charge in [-0.1, -0.05) is 72.8 Å². The maximum atomic E-state index is 10.7. The van der Waals surface area contributed by atoms with Crippen molar-refractivity contribution in [3.63, 3.8) is 0 Å². The molecular formula is C23H21BN2O5. The van der Waals surface area contributed by atoms with E-state index in [0.717, 1.165) is 33.3 Å². The van der Waals surface area contributed by atoms with Crippen molar-refractivity contribution in [2.75, 3.05) is 6.61 Å². The number of hydrogen-bond acceptors (Lipinski definition) is 5. The second-order valence-electron chi connectivity index (χ2n) is 7.27. The molecule has 0 aliphatic carbocycles. The molecule has 0 amide bonds. The second kappa shape index (κ2) is 9.03. The van der Waals surface area contributed by atoms with Crippen LogP contribution in [-0.4, -0.2) is 33.8 Å². The van der Waals surface area contributed by atoms with Crippen molar-refractivity contribution in [2.24, 2.45) is 0 Å². The Labute approximate surface area is 179 Å². The van der Waals surface area contributed by atoms with E-state index in [1.54, 1.807) is 12.1 Å². The highest BCUT2D eigenvalue weighted by atomic mass is 16.9. The third kappa shape index (κ3) is 4.45. The number of hydrogen-bond donors (Lipinski definition) is 3. The summed E-state index contributed by atoms with van der Waals surface area (Å²) in [7, 11) is -1.60. The van der Waals surface area contributed by atoms with Gasteiger partial charge >= 0.3 is 7.12 Å². The van der Waals surface area contributed by atoms with Crippen molar-refractivity contribution in [3.8, 4) is 11.3 Å². The molecule has 0 spiro atoms. The fraction of sp³-hybridized carbons (Fsp3) is 0.130. The minimum absolute atomic E-state index is 0.0597. The molecule has 8 heteroatoms. The van der Waals surface area contributed by atoms with Crippen LogP contribution in [0, 0.1) is 10.1 Å². The highest BCUT2D eigenvalue weighted by molar-refractivity contribution is 6.58. The summed E-state index contributed by atoms with van der Waals surface area (Å²) >= 11 is 0. The van der Waals surface area contributed by atoms with Gasteiger partial charge in [-0.2, -0.15) is 0 Å². The van der Waals surface area contributed by atoms with Gasteiger partial charge in [0.15, 0.2) is 0 Å². The van der Waals surface area contributed by atoms with Crippen LogP contribution in [0.4, 0.5) is 0 Å². The van der Waals surface area contributed by atoms with Gasteiger partial charge in [0.1, 0.15) is 0 Å². The van der Waals surface area contributed by atoms with Crippen molar-refractivity contribution in [2.45, 2.75) is 12.3 Å². The van der Waals surface area contributed by atoms with Crippen LogP contribution < -0.4 is 5.46 Å². The van der Waals surface area contributed by atoms with Crippen LogP contribution in [0.1, 0.15) is 23.5 Å². The van der Waals surface area contributed by atoms with Gasteiger partial charge in [0.2, 0.25) is 0 Å². The molecule has 4 aromatic rings. The van der Waals surface area contributed by atoms with E-state index in [1.165, 1.54) is 0 Å². The lowest BCUT2D eigenvalue weighted by molar-refractivity contribution is -0.757. The van der Waals surface area contributed by atoms with Crippen LogP contribution in [-0.2, 0) is 4.84 Å². The summed E-state index contributed by atoms with van der Waals surface area (Å²) in [6, 6.07) is 24.8. The van der Waals surface area contributed by atoms with E-state index in [1.807, 2.05) is 66.7 Å². The third-order valence-electron chi connectivity index (χ3n) is 5.38. The van der Waals surface area contributed by atoms with E-state index in [9.17, 15) is 20.2 Å². The first-order valence-corrected chi connectivity index (χ1v) is 9.94. The van der Waals surface area contributed by atoms with Gasteiger partial charge in [0.25, 0.3) is 5.09 Å². The average Bonchev–Trinajstić information content (AvgIpc) is 3.16. The van der Waals surface area contributed by atoms with Crippen LogP contribution in [0.3, 0.4) is 0 Å². The molecule has 7 nitrogen and oxygen atoms in total. The third-order valence-corrected chi connectivity index (χ3v) is 5.38. The van der Waals surface area contributed by atoms with Crippen LogP contribution in [0.15, 0.2) is 78.9 Å². The van der Waals surface area contributed by atoms with Crippen molar-refractivity contribution in [3.05, 3.63) is 100 Å². The zero-order valence-corrected chi connectivity index (χ0v) is 16.6. The van der Waals surface area contributed by atoms with Crippen molar-refractivity contribution in [1.29, 1.82) is 0 Å². The number of aromatic amines is 1. The summed E-state index contributed by atoms with van der Waals surface area (Å²) in [6.07, 6.45) is 0.379. The predicted octanol–water partition coefficient (Wildman–Crippen LogP) is 3.25. The Bertz CT molecular complexity index is 1180. The Hall–Kier alpha value is -3.62. The summed E-state index contributed by atoms with van der Waals surface area (Å²) in [5, 5.41) is 30.2. The molecule has 1 atom stereocenters. The standard InChI is InChI=1S/C23H21BN2O5/c27-24(28)18-11-12-21-20(15-18)22(23(25-21)17-9-5-2-6-10-17)19(13-14-31-26(29)30)16-7-3-1-4-8-16/h1-12,15,19,25,27-28H,13-14H2. The Morgan fingerprint density at radius 3 is 2.32 bits per heavy atom. The highest BCUT2D eigenvalue weighted by Gasteiger charge is 2.25. The molecule has 0 aliphatic rings. The molecule has 0 saturated heterocycles. The Morgan fingerprint density at radius 1 is 1.00 bits per heavy atom. The highest BCUT2D eigenvalue weighted by Crippen LogP contribution is 2.40. The van der Waals surface area contributed by atoms with E-state index in [0.29, 0.717) is 11.9 Å². The van der Waals surface area contributed by atoms with Crippen LogP contribution in [0.25, 0.3) is 22.2 Å².